The molecular weight excluding hydrogens is 271 g/mol. The predicted octanol–water partition coefficient (Wildman–Crippen LogP) is 2.69. The Morgan fingerprint density at radius 3 is 2.40 bits per heavy atom. The van der Waals surface area contributed by atoms with Crippen molar-refractivity contribution in [3.05, 3.63) is 29.3 Å². The van der Waals surface area contributed by atoms with Crippen molar-refractivity contribution < 1.29 is 18.0 Å². The minimum atomic E-state index is -4.42. The van der Waals surface area contributed by atoms with Crippen molar-refractivity contribution in [2.45, 2.75) is 33.0 Å². The van der Waals surface area contributed by atoms with E-state index in [1.54, 1.807) is 26.8 Å². The number of nitrogens with one attached hydrogen (secondary N) is 1. The van der Waals surface area contributed by atoms with Gasteiger partial charge in [0.2, 0.25) is 0 Å². The lowest BCUT2D eigenvalue weighted by atomic mass is 10.1. The maximum atomic E-state index is 12.5. The summed E-state index contributed by atoms with van der Waals surface area (Å²) in [6.07, 6.45) is -4.42. The smallest absolute Gasteiger partial charge is 0.327 e. The fraction of sp³-hybridized carbons (Fsp3) is 0.462. The Morgan fingerprint density at radius 1 is 1.40 bits per heavy atom. The van der Waals surface area contributed by atoms with E-state index in [4.69, 9.17) is 5.84 Å². The van der Waals surface area contributed by atoms with E-state index in [1.807, 2.05) is 0 Å². The highest BCUT2D eigenvalue weighted by Gasteiger charge is 2.34. The van der Waals surface area contributed by atoms with E-state index in [0.717, 1.165) is 4.90 Å². The van der Waals surface area contributed by atoms with E-state index >= 15 is 0 Å². The van der Waals surface area contributed by atoms with Gasteiger partial charge >= 0.3 is 6.18 Å². The summed E-state index contributed by atoms with van der Waals surface area (Å²) < 4.78 is 37.6. The number of rotatable bonds is 4. The van der Waals surface area contributed by atoms with E-state index < -0.39 is 24.7 Å². The molecule has 0 heterocycles. The zero-order valence-electron chi connectivity index (χ0n) is 11.6. The minimum absolute atomic E-state index is 0.208. The number of amides is 1. The number of halogens is 3. The van der Waals surface area contributed by atoms with Gasteiger partial charge < -0.3 is 10.3 Å². The quantitative estimate of drug-likeness (QED) is 0.662. The Morgan fingerprint density at radius 2 is 2.00 bits per heavy atom. The Balaban J connectivity index is 3.04. The third-order valence-corrected chi connectivity index (χ3v) is 2.86. The summed E-state index contributed by atoms with van der Waals surface area (Å²) in [5.41, 5.74) is 3.96. The first-order valence-electron chi connectivity index (χ1n) is 6.10. The maximum Gasteiger partial charge on any atom is 0.406 e. The summed E-state index contributed by atoms with van der Waals surface area (Å²) in [7, 11) is 0. The molecule has 0 spiro atoms. The molecule has 0 saturated heterocycles. The third-order valence-electron chi connectivity index (χ3n) is 2.86. The average Bonchev–Trinajstić information content (AvgIpc) is 2.33. The van der Waals surface area contributed by atoms with Gasteiger partial charge in [0.05, 0.1) is 5.69 Å². The number of benzene rings is 1. The number of hydrogen-bond donors (Lipinski definition) is 2. The van der Waals surface area contributed by atoms with Crippen LogP contribution in [0.25, 0.3) is 0 Å². The first-order chi connectivity index (χ1) is 9.15. The van der Waals surface area contributed by atoms with Crippen molar-refractivity contribution in [1.29, 1.82) is 0 Å². The number of aryl methyl sites for hydroxylation is 1. The fourth-order valence-corrected chi connectivity index (χ4v) is 1.81. The topological polar surface area (TPSA) is 58.4 Å². The predicted molar refractivity (Wildman–Crippen MR) is 71.2 cm³/mol. The van der Waals surface area contributed by atoms with Crippen LogP contribution in [0.5, 0.6) is 0 Å². The van der Waals surface area contributed by atoms with Gasteiger partial charge in [-0.05, 0) is 44.5 Å². The molecular formula is C13H18F3N3O. The van der Waals surface area contributed by atoms with Gasteiger partial charge in [-0.1, -0.05) is 0 Å². The molecule has 1 aromatic carbocycles. The lowest BCUT2D eigenvalue weighted by molar-refractivity contribution is -0.143. The third kappa shape index (κ3) is 4.12. The van der Waals surface area contributed by atoms with Crippen molar-refractivity contribution in [3.8, 4) is 0 Å². The van der Waals surface area contributed by atoms with Crippen molar-refractivity contribution in [1.82, 2.24) is 4.90 Å². The molecule has 1 rings (SSSR count). The molecule has 0 atom stereocenters. The number of carbonyl (C=O) groups is 1. The zero-order valence-corrected chi connectivity index (χ0v) is 11.6. The van der Waals surface area contributed by atoms with Crippen molar-refractivity contribution in [2.24, 2.45) is 5.84 Å². The molecule has 0 aliphatic carbocycles. The highest BCUT2D eigenvalue weighted by molar-refractivity contribution is 5.95. The van der Waals surface area contributed by atoms with Gasteiger partial charge in [0.1, 0.15) is 6.54 Å². The number of hydrazine groups is 1. The van der Waals surface area contributed by atoms with E-state index in [-0.39, 0.29) is 5.56 Å². The molecule has 0 unspecified atom stereocenters. The molecule has 0 aliphatic rings. The number of nitrogens with two attached hydrogens (primary N) is 1. The van der Waals surface area contributed by atoms with Crippen LogP contribution in [0.4, 0.5) is 18.9 Å². The number of nitrogens with zero attached hydrogens (tertiary/aromatic N) is 1. The Labute approximate surface area is 115 Å². The lowest BCUT2D eigenvalue weighted by Crippen LogP contribution is -2.43. The van der Waals surface area contributed by atoms with Gasteiger partial charge in [-0.3, -0.25) is 10.6 Å². The fourth-order valence-electron chi connectivity index (χ4n) is 1.81. The van der Waals surface area contributed by atoms with Gasteiger partial charge in [-0.15, -0.1) is 0 Å². The molecule has 0 radical (unpaired) electrons. The molecule has 1 amide bonds. The van der Waals surface area contributed by atoms with Crippen LogP contribution in [0.3, 0.4) is 0 Å². The average molecular weight is 289 g/mol. The first-order valence-corrected chi connectivity index (χ1v) is 6.10. The molecule has 0 saturated carbocycles. The van der Waals surface area contributed by atoms with Crippen LogP contribution >= 0.6 is 0 Å². The molecule has 3 N–H and O–H groups in total. The Kier molecular flexibility index (Phi) is 4.99. The van der Waals surface area contributed by atoms with Gasteiger partial charge in [-0.2, -0.15) is 13.2 Å². The van der Waals surface area contributed by atoms with Crippen LogP contribution in [-0.4, -0.2) is 29.6 Å². The monoisotopic (exact) mass is 289 g/mol. The number of alkyl halides is 3. The SMILES string of the molecule is Cc1cc(C(=O)N(CC(F)(F)F)C(C)C)ccc1NN. The van der Waals surface area contributed by atoms with Crippen LogP contribution in [0.1, 0.15) is 29.8 Å². The maximum absolute atomic E-state index is 12.5. The highest BCUT2D eigenvalue weighted by Crippen LogP contribution is 2.22. The summed E-state index contributed by atoms with van der Waals surface area (Å²) in [6.45, 7) is 3.55. The lowest BCUT2D eigenvalue weighted by Gasteiger charge is -2.28. The number of nitrogen functional groups attached to an aromatic ring is 1. The molecule has 112 valence electrons. The van der Waals surface area contributed by atoms with Gasteiger partial charge in [0, 0.05) is 11.6 Å². The molecule has 20 heavy (non-hydrogen) atoms. The normalized spacial score (nSPS) is 11.6. The number of hydrogen-bond acceptors (Lipinski definition) is 3. The second kappa shape index (κ2) is 6.13. The van der Waals surface area contributed by atoms with E-state index in [0.29, 0.717) is 11.3 Å². The number of anilines is 1. The van der Waals surface area contributed by atoms with Crippen LogP contribution in [0, 0.1) is 6.92 Å². The molecule has 0 aromatic heterocycles. The molecule has 0 fully saturated rings. The molecule has 7 heteroatoms. The van der Waals surface area contributed by atoms with Crippen molar-refractivity contribution in [2.75, 3.05) is 12.0 Å². The summed E-state index contributed by atoms with van der Waals surface area (Å²) in [6, 6.07) is 3.99. The van der Waals surface area contributed by atoms with Gasteiger partial charge in [0.25, 0.3) is 5.91 Å². The van der Waals surface area contributed by atoms with Crippen LogP contribution in [0.2, 0.25) is 0 Å². The number of carbonyl (C=O) groups excluding carboxylic acids is 1. The largest absolute Gasteiger partial charge is 0.406 e. The van der Waals surface area contributed by atoms with E-state index in [9.17, 15) is 18.0 Å². The summed E-state index contributed by atoms with van der Waals surface area (Å²) >= 11 is 0. The standard InChI is InChI=1S/C13H18F3N3O/c1-8(2)19(7-13(14,15)16)12(20)10-4-5-11(18-17)9(3)6-10/h4-6,8,18H,7,17H2,1-3H3. The highest BCUT2D eigenvalue weighted by atomic mass is 19.4. The summed E-state index contributed by atoms with van der Waals surface area (Å²) in [5.74, 6) is 4.62. The molecule has 0 bridgehead atoms. The Hall–Kier alpha value is -1.76. The van der Waals surface area contributed by atoms with E-state index in [1.165, 1.54) is 12.1 Å². The van der Waals surface area contributed by atoms with Crippen molar-refractivity contribution in [3.63, 3.8) is 0 Å². The zero-order chi connectivity index (χ0) is 15.5. The Bertz CT molecular complexity index is 486. The summed E-state index contributed by atoms with van der Waals surface area (Å²) in [4.78, 5) is 13.0. The molecule has 0 aliphatic heterocycles. The van der Waals surface area contributed by atoms with Gasteiger partial charge in [-0.25, -0.2) is 0 Å². The molecule has 4 nitrogen and oxygen atoms in total. The molecule has 1 aromatic rings. The van der Waals surface area contributed by atoms with Crippen molar-refractivity contribution >= 4 is 11.6 Å². The van der Waals surface area contributed by atoms with Crippen LogP contribution in [0.15, 0.2) is 18.2 Å². The van der Waals surface area contributed by atoms with Crippen LogP contribution in [-0.2, 0) is 0 Å². The minimum Gasteiger partial charge on any atom is -0.327 e. The van der Waals surface area contributed by atoms with Crippen LogP contribution < -0.4 is 11.3 Å². The van der Waals surface area contributed by atoms with E-state index in [2.05, 4.69) is 5.43 Å². The second-order valence-corrected chi connectivity index (χ2v) is 4.82. The first kappa shape index (κ1) is 16.3. The second-order valence-electron chi connectivity index (χ2n) is 4.82. The van der Waals surface area contributed by atoms with Gasteiger partial charge in [0.15, 0.2) is 0 Å². The summed E-state index contributed by atoms with van der Waals surface area (Å²) in [5, 5.41) is 0.